The number of carbonyl (C=O) groups excluding carboxylic acids is 1. The van der Waals surface area contributed by atoms with Crippen LogP contribution in [0.2, 0.25) is 0 Å². The number of ether oxygens (including phenoxy) is 3. The summed E-state index contributed by atoms with van der Waals surface area (Å²) in [5.41, 5.74) is 1.10. The summed E-state index contributed by atoms with van der Waals surface area (Å²) in [7, 11) is 3.26. The lowest BCUT2D eigenvalue weighted by molar-refractivity contribution is -0.133. The molecule has 0 spiro atoms. The Morgan fingerprint density at radius 2 is 2.17 bits per heavy atom. The first-order valence-electron chi connectivity index (χ1n) is 8.55. The number of carbonyl (C=O) groups is 1. The fourth-order valence-corrected chi connectivity index (χ4v) is 3.55. The Morgan fingerprint density at radius 3 is 2.88 bits per heavy atom. The van der Waals surface area contributed by atoms with Crippen LogP contribution in [0.3, 0.4) is 0 Å². The van der Waals surface area contributed by atoms with Crippen LogP contribution in [0, 0.1) is 0 Å². The van der Waals surface area contributed by atoms with Gasteiger partial charge in [-0.05, 0) is 30.5 Å². The fraction of sp³-hybridized carbons (Fsp3) is 0.611. The maximum absolute atomic E-state index is 12.7. The van der Waals surface area contributed by atoms with Gasteiger partial charge in [0.1, 0.15) is 0 Å². The minimum atomic E-state index is 0.113. The molecule has 1 aromatic carbocycles. The summed E-state index contributed by atoms with van der Waals surface area (Å²) in [6, 6.07) is 6.15. The van der Waals surface area contributed by atoms with Gasteiger partial charge in [0.15, 0.2) is 11.5 Å². The van der Waals surface area contributed by atoms with E-state index in [-0.39, 0.29) is 18.0 Å². The monoisotopic (exact) mass is 334 g/mol. The van der Waals surface area contributed by atoms with E-state index in [0.29, 0.717) is 24.5 Å². The molecule has 2 aliphatic rings. The average Bonchev–Trinajstić information content (AvgIpc) is 3.12. The SMILES string of the molecule is COc1ccc(C2CCCN2C(=O)CC2COCCN2)cc1OC. The summed E-state index contributed by atoms with van der Waals surface area (Å²) in [5, 5.41) is 3.35. The van der Waals surface area contributed by atoms with Crippen LogP contribution in [0.15, 0.2) is 18.2 Å². The Labute approximate surface area is 143 Å². The van der Waals surface area contributed by atoms with Gasteiger partial charge in [-0.1, -0.05) is 6.07 Å². The van der Waals surface area contributed by atoms with Crippen molar-refractivity contribution >= 4 is 5.91 Å². The van der Waals surface area contributed by atoms with Crippen molar-refractivity contribution in [2.24, 2.45) is 0 Å². The number of benzene rings is 1. The van der Waals surface area contributed by atoms with E-state index >= 15 is 0 Å². The van der Waals surface area contributed by atoms with Gasteiger partial charge in [-0.3, -0.25) is 4.79 Å². The van der Waals surface area contributed by atoms with E-state index in [1.807, 2.05) is 23.1 Å². The quantitative estimate of drug-likeness (QED) is 0.889. The standard InChI is InChI=1S/C18H26N2O4/c1-22-16-6-5-13(10-17(16)23-2)15-4-3-8-20(15)18(21)11-14-12-24-9-7-19-14/h5-6,10,14-15,19H,3-4,7-9,11-12H2,1-2H3. The van der Waals surface area contributed by atoms with E-state index in [1.165, 1.54) is 0 Å². The number of morpholine rings is 1. The minimum absolute atomic E-state index is 0.113. The van der Waals surface area contributed by atoms with Crippen LogP contribution >= 0.6 is 0 Å². The van der Waals surface area contributed by atoms with E-state index in [4.69, 9.17) is 14.2 Å². The van der Waals surface area contributed by atoms with Crippen molar-refractivity contribution in [2.45, 2.75) is 31.3 Å². The van der Waals surface area contributed by atoms with Gasteiger partial charge in [-0.25, -0.2) is 0 Å². The predicted octanol–water partition coefficient (Wildman–Crippen LogP) is 1.75. The molecule has 6 nitrogen and oxygen atoms in total. The zero-order chi connectivity index (χ0) is 16.9. The number of rotatable bonds is 5. The highest BCUT2D eigenvalue weighted by atomic mass is 16.5. The van der Waals surface area contributed by atoms with Gasteiger partial charge < -0.3 is 24.4 Å². The van der Waals surface area contributed by atoms with Crippen molar-refractivity contribution in [3.8, 4) is 11.5 Å². The van der Waals surface area contributed by atoms with Crippen LogP contribution in [-0.4, -0.2) is 57.4 Å². The van der Waals surface area contributed by atoms with Gasteiger partial charge in [0.05, 0.1) is 33.5 Å². The third kappa shape index (κ3) is 3.65. The first-order chi connectivity index (χ1) is 11.7. The van der Waals surface area contributed by atoms with Crippen LogP contribution in [0.4, 0.5) is 0 Å². The molecule has 2 unspecified atom stereocenters. The van der Waals surface area contributed by atoms with Crippen molar-refractivity contribution in [3.63, 3.8) is 0 Å². The molecule has 1 N–H and O–H groups in total. The average molecular weight is 334 g/mol. The van der Waals surface area contributed by atoms with Gasteiger partial charge in [-0.2, -0.15) is 0 Å². The van der Waals surface area contributed by atoms with E-state index in [2.05, 4.69) is 5.32 Å². The number of hydrogen-bond acceptors (Lipinski definition) is 5. The molecule has 0 radical (unpaired) electrons. The Hall–Kier alpha value is -1.79. The van der Waals surface area contributed by atoms with Gasteiger partial charge >= 0.3 is 0 Å². The predicted molar refractivity (Wildman–Crippen MR) is 90.5 cm³/mol. The maximum Gasteiger partial charge on any atom is 0.224 e. The molecule has 1 amide bonds. The zero-order valence-corrected chi connectivity index (χ0v) is 14.4. The highest BCUT2D eigenvalue weighted by Crippen LogP contribution is 2.37. The van der Waals surface area contributed by atoms with Crippen LogP contribution in [0.25, 0.3) is 0 Å². The number of hydrogen-bond donors (Lipinski definition) is 1. The van der Waals surface area contributed by atoms with Crippen molar-refractivity contribution in [1.29, 1.82) is 0 Å². The second kappa shape index (κ2) is 7.85. The number of nitrogens with one attached hydrogen (secondary N) is 1. The van der Waals surface area contributed by atoms with E-state index in [1.54, 1.807) is 14.2 Å². The summed E-state index contributed by atoms with van der Waals surface area (Å²) in [4.78, 5) is 14.7. The maximum atomic E-state index is 12.7. The number of amides is 1. The van der Waals surface area contributed by atoms with Gasteiger partial charge in [0.25, 0.3) is 0 Å². The van der Waals surface area contributed by atoms with Crippen molar-refractivity contribution in [3.05, 3.63) is 23.8 Å². The topological polar surface area (TPSA) is 60.0 Å². The van der Waals surface area contributed by atoms with Crippen LogP contribution in [0.5, 0.6) is 11.5 Å². The Balaban J connectivity index is 1.71. The highest BCUT2D eigenvalue weighted by molar-refractivity contribution is 5.77. The van der Waals surface area contributed by atoms with Crippen LogP contribution < -0.4 is 14.8 Å². The molecule has 6 heteroatoms. The largest absolute Gasteiger partial charge is 0.493 e. The third-order valence-electron chi connectivity index (χ3n) is 4.78. The lowest BCUT2D eigenvalue weighted by Gasteiger charge is -2.29. The van der Waals surface area contributed by atoms with Crippen molar-refractivity contribution in [2.75, 3.05) is 40.5 Å². The second-order valence-electron chi connectivity index (χ2n) is 6.29. The normalized spacial score (nSPS) is 24.0. The number of likely N-dealkylation sites (tertiary alicyclic amines) is 1. The Bertz CT molecular complexity index is 572. The minimum Gasteiger partial charge on any atom is -0.493 e. The highest BCUT2D eigenvalue weighted by Gasteiger charge is 2.32. The third-order valence-corrected chi connectivity index (χ3v) is 4.78. The molecule has 2 aliphatic heterocycles. The van der Waals surface area contributed by atoms with Gasteiger partial charge in [-0.15, -0.1) is 0 Å². The molecule has 0 saturated carbocycles. The molecule has 132 valence electrons. The zero-order valence-electron chi connectivity index (χ0n) is 14.4. The van der Waals surface area contributed by atoms with Crippen LogP contribution in [0.1, 0.15) is 30.9 Å². The first kappa shape index (κ1) is 17.0. The number of methoxy groups -OCH3 is 2. The first-order valence-corrected chi connectivity index (χ1v) is 8.55. The number of nitrogens with zero attached hydrogens (tertiary/aromatic N) is 1. The molecule has 0 aromatic heterocycles. The molecular formula is C18H26N2O4. The summed E-state index contributed by atoms with van der Waals surface area (Å²) in [6.45, 7) is 2.96. The van der Waals surface area contributed by atoms with E-state index in [9.17, 15) is 4.79 Å². The molecule has 2 heterocycles. The van der Waals surface area contributed by atoms with E-state index < -0.39 is 0 Å². The Kier molecular flexibility index (Phi) is 5.58. The molecule has 2 atom stereocenters. The molecule has 2 fully saturated rings. The van der Waals surface area contributed by atoms with Gasteiger partial charge in [0, 0.05) is 25.6 Å². The molecule has 1 aromatic rings. The molecule has 0 bridgehead atoms. The summed E-state index contributed by atoms with van der Waals surface area (Å²) in [5.74, 6) is 1.60. The smallest absolute Gasteiger partial charge is 0.224 e. The molecule has 3 rings (SSSR count). The molecule has 24 heavy (non-hydrogen) atoms. The summed E-state index contributed by atoms with van der Waals surface area (Å²) < 4.78 is 16.1. The fourth-order valence-electron chi connectivity index (χ4n) is 3.55. The van der Waals surface area contributed by atoms with Crippen molar-refractivity contribution in [1.82, 2.24) is 10.2 Å². The van der Waals surface area contributed by atoms with E-state index in [0.717, 1.165) is 38.1 Å². The summed E-state index contributed by atoms with van der Waals surface area (Å²) in [6.07, 6.45) is 2.50. The van der Waals surface area contributed by atoms with Crippen LogP contribution in [-0.2, 0) is 9.53 Å². The lowest BCUT2D eigenvalue weighted by Crippen LogP contribution is -2.45. The second-order valence-corrected chi connectivity index (χ2v) is 6.29. The molecule has 0 aliphatic carbocycles. The molecule has 2 saturated heterocycles. The van der Waals surface area contributed by atoms with Gasteiger partial charge in [0.2, 0.25) is 5.91 Å². The summed E-state index contributed by atoms with van der Waals surface area (Å²) >= 11 is 0. The molecular weight excluding hydrogens is 308 g/mol. The lowest BCUT2D eigenvalue weighted by atomic mass is 10.0. The van der Waals surface area contributed by atoms with Crippen molar-refractivity contribution < 1.29 is 19.0 Å². The Morgan fingerprint density at radius 1 is 1.33 bits per heavy atom.